The number of rotatable bonds is 2. The van der Waals surface area contributed by atoms with E-state index in [0.29, 0.717) is 22.3 Å². The van der Waals surface area contributed by atoms with Gasteiger partial charge >= 0.3 is 0 Å². The smallest absolute Gasteiger partial charge is 0.218 e. The third-order valence-corrected chi connectivity index (χ3v) is 2.98. The summed E-state index contributed by atoms with van der Waals surface area (Å²) < 4.78 is 13.1. The minimum Gasteiger partial charge on any atom is -0.493 e. The van der Waals surface area contributed by atoms with Gasteiger partial charge in [0.15, 0.2) is 5.69 Å². The van der Waals surface area contributed by atoms with Crippen LogP contribution in [0, 0.1) is 12.7 Å². The van der Waals surface area contributed by atoms with Crippen molar-refractivity contribution in [3.8, 4) is 5.88 Å². The first-order valence-electron chi connectivity index (χ1n) is 6.12. The molecule has 0 aliphatic heterocycles. The van der Waals surface area contributed by atoms with Gasteiger partial charge in [-0.1, -0.05) is 12.1 Å². The van der Waals surface area contributed by atoms with Crippen LogP contribution in [0.15, 0.2) is 52.7 Å². The molecule has 0 aliphatic rings. The molecule has 0 unspecified atom stereocenters. The van der Waals surface area contributed by atoms with Crippen LogP contribution in [0.4, 0.5) is 15.8 Å². The highest BCUT2D eigenvalue weighted by molar-refractivity contribution is 5.94. The van der Waals surface area contributed by atoms with Gasteiger partial charge in [-0.2, -0.15) is 5.11 Å². The molecule has 0 bridgehead atoms. The van der Waals surface area contributed by atoms with E-state index in [0.717, 1.165) is 5.56 Å². The summed E-state index contributed by atoms with van der Waals surface area (Å²) in [6.45, 7) is 1.96. The molecule has 0 aliphatic carbocycles. The Morgan fingerprint density at radius 2 is 1.95 bits per heavy atom. The number of nitrogens with zero attached hydrogens (tertiary/aromatic N) is 2. The normalized spacial score (nSPS) is 11.5. The Morgan fingerprint density at radius 3 is 2.75 bits per heavy atom. The van der Waals surface area contributed by atoms with Crippen molar-refractivity contribution in [3.63, 3.8) is 0 Å². The van der Waals surface area contributed by atoms with Crippen molar-refractivity contribution in [1.82, 2.24) is 4.98 Å². The molecule has 0 amide bonds. The predicted octanol–water partition coefficient (Wildman–Crippen LogP) is 4.74. The van der Waals surface area contributed by atoms with Crippen LogP contribution in [0.3, 0.4) is 0 Å². The second-order valence-electron chi connectivity index (χ2n) is 4.55. The Morgan fingerprint density at radius 1 is 1.10 bits per heavy atom. The molecule has 1 heterocycles. The number of aromatic nitrogens is 1. The van der Waals surface area contributed by atoms with Crippen molar-refractivity contribution in [3.05, 3.63) is 53.8 Å². The van der Waals surface area contributed by atoms with Gasteiger partial charge < -0.3 is 10.1 Å². The van der Waals surface area contributed by atoms with Gasteiger partial charge in [-0.3, -0.25) is 0 Å². The Hall–Kier alpha value is -2.69. The topological polar surface area (TPSA) is 60.7 Å². The number of aromatic amines is 1. The maximum Gasteiger partial charge on any atom is 0.218 e. The first-order chi connectivity index (χ1) is 9.63. The number of benzene rings is 2. The van der Waals surface area contributed by atoms with Crippen molar-refractivity contribution in [1.29, 1.82) is 0 Å². The van der Waals surface area contributed by atoms with Crippen LogP contribution >= 0.6 is 0 Å². The standard InChI is InChI=1S/C15H12FN3O/c1-9-3-2-4-11(7-9)18-19-14-12-6-5-10(16)8-13(12)17-15(14)20/h2-8,17,20H,1H3. The van der Waals surface area contributed by atoms with Gasteiger partial charge in [0.1, 0.15) is 5.82 Å². The number of H-pyrrole nitrogens is 1. The summed E-state index contributed by atoms with van der Waals surface area (Å²) in [6, 6.07) is 11.7. The van der Waals surface area contributed by atoms with Crippen LogP contribution in [0.1, 0.15) is 5.56 Å². The molecule has 0 spiro atoms. The van der Waals surface area contributed by atoms with Crippen LogP contribution in [0.25, 0.3) is 10.9 Å². The molecule has 0 atom stereocenters. The quantitative estimate of drug-likeness (QED) is 0.649. The zero-order valence-corrected chi connectivity index (χ0v) is 10.8. The highest BCUT2D eigenvalue weighted by Crippen LogP contribution is 2.36. The number of hydrogen-bond acceptors (Lipinski definition) is 3. The summed E-state index contributed by atoms with van der Waals surface area (Å²) in [6.07, 6.45) is 0. The third kappa shape index (κ3) is 2.25. The molecule has 0 radical (unpaired) electrons. The molecule has 3 rings (SSSR count). The van der Waals surface area contributed by atoms with E-state index in [1.165, 1.54) is 12.1 Å². The van der Waals surface area contributed by atoms with Gasteiger partial charge in [-0.25, -0.2) is 4.39 Å². The molecule has 1 aromatic heterocycles. The van der Waals surface area contributed by atoms with Gasteiger partial charge in [0.2, 0.25) is 5.88 Å². The maximum absolute atomic E-state index is 13.1. The monoisotopic (exact) mass is 269 g/mol. The van der Waals surface area contributed by atoms with Crippen LogP contribution < -0.4 is 0 Å². The third-order valence-electron chi connectivity index (χ3n) is 2.98. The van der Waals surface area contributed by atoms with Crippen molar-refractivity contribution < 1.29 is 9.50 Å². The van der Waals surface area contributed by atoms with Gasteiger partial charge in [-0.05, 0) is 42.8 Å². The fourth-order valence-electron chi connectivity index (χ4n) is 2.04. The lowest BCUT2D eigenvalue weighted by Gasteiger charge is -1.95. The number of hydrogen-bond donors (Lipinski definition) is 2. The van der Waals surface area contributed by atoms with E-state index in [9.17, 15) is 9.50 Å². The van der Waals surface area contributed by atoms with E-state index in [-0.39, 0.29) is 11.7 Å². The number of nitrogens with one attached hydrogen (secondary N) is 1. The molecule has 0 saturated carbocycles. The van der Waals surface area contributed by atoms with E-state index in [2.05, 4.69) is 15.2 Å². The summed E-state index contributed by atoms with van der Waals surface area (Å²) in [5.74, 6) is -0.497. The molecule has 0 saturated heterocycles. The van der Waals surface area contributed by atoms with Gasteiger partial charge in [0.25, 0.3) is 0 Å². The van der Waals surface area contributed by atoms with Crippen molar-refractivity contribution in [2.75, 3.05) is 0 Å². The average Bonchev–Trinajstić information content (AvgIpc) is 2.71. The average molecular weight is 269 g/mol. The first-order valence-corrected chi connectivity index (χ1v) is 6.12. The minimum atomic E-state index is -0.374. The van der Waals surface area contributed by atoms with Gasteiger partial charge in [0, 0.05) is 5.39 Å². The van der Waals surface area contributed by atoms with E-state index >= 15 is 0 Å². The lowest BCUT2D eigenvalue weighted by atomic mass is 10.2. The number of halogens is 1. The van der Waals surface area contributed by atoms with Crippen LogP contribution in [-0.4, -0.2) is 10.1 Å². The summed E-state index contributed by atoms with van der Waals surface area (Å²) in [5.41, 5.74) is 2.56. The second-order valence-corrected chi connectivity index (χ2v) is 4.55. The number of fused-ring (bicyclic) bond motifs is 1. The van der Waals surface area contributed by atoms with Crippen molar-refractivity contribution >= 4 is 22.3 Å². The Kier molecular flexibility index (Phi) is 2.95. The van der Waals surface area contributed by atoms with Gasteiger partial charge in [-0.15, -0.1) is 5.11 Å². The highest BCUT2D eigenvalue weighted by Gasteiger charge is 2.10. The molecular weight excluding hydrogens is 257 g/mol. The molecule has 100 valence electrons. The lowest BCUT2D eigenvalue weighted by molar-refractivity contribution is 0.459. The molecule has 0 fully saturated rings. The van der Waals surface area contributed by atoms with Crippen LogP contribution in [0.2, 0.25) is 0 Å². The number of aryl methyl sites for hydroxylation is 1. The zero-order valence-electron chi connectivity index (χ0n) is 10.8. The maximum atomic E-state index is 13.1. The lowest BCUT2D eigenvalue weighted by Crippen LogP contribution is -1.72. The summed E-state index contributed by atoms with van der Waals surface area (Å²) in [7, 11) is 0. The molecule has 2 aromatic carbocycles. The SMILES string of the molecule is Cc1cccc(N=Nc2c(O)[nH]c3cc(F)ccc23)c1. The van der Waals surface area contributed by atoms with E-state index < -0.39 is 0 Å². The van der Waals surface area contributed by atoms with Crippen LogP contribution in [-0.2, 0) is 0 Å². The highest BCUT2D eigenvalue weighted by atomic mass is 19.1. The van der Waals surface area contributed by atoms with Crippen LogP contribution in [0.5, 0.6) is 5.88 Å². The number of azo groups is 1. The fraction of sp³-hybridized carbons (Fsp3) is 0.0667. The van der Waals surface area contributed by atoms with E-state index in [1.807, 2.05) is 31.2 Å². The molecule has 2 N–H and O–H groups in total. The Labute approximate surface area is 114 Å². The summed E-state index contributed by atoms with van der Waals surface area (Å²) >= 11 is 0. The zero-order chi connectivity index (χ0) is 14.1. The predicted molar refractivity (Wildman–Crippen MR) is 75.3 cm³/mol. The number of aromatic hydroxyl groups is 1. The Balaban J connectivity index is 2.04. The molecule has 3 aromatic rings. The van der Waals surface area contributed by atoms with Crippen molar-refractivity contribution in [2.24, 2.45) is 10.2 Å². The molecule has 4 nitrogen and oxygen atoms in total. The van der Waals surface area contributed by atoms with E-state index in [4.69, 9.17) is 0 Å². The molecule has 5 heteroatoms. The van der Waals surface area contributed by atoms with Gasteiger partial charge in [0.05, 0.1) is 11.2 Å². The molecular formula is C15H12FN3O. The molecule has 20 heavy (non-hydrogen) atoms. The second kappa shape index (κ2) is 4.77. The fourth-order valence-corrected chi connectivity index (χ4v) is 2.04. The largest absolute Gasteiger partial charge is 0.493 e. The summed E-state index contributed by atoms with van der Waals surface area (Å²) in [5, 5.41) is 18.6. The minimum absolute atomic E-state index is 0.123. The summed E-state index contributed by atoms with van der Waals surface area (Å²) in [4.78, 5) is 2.68. The first kappa shape index (κ1) is 12.3. The Bertz CT molecular complexity index is 808. The van der Waals surface area contributed by atoms with E-state index in [1.54, 1.807) is 6.07 Å². The van der Waals surface area contributed by atoms with Crippen molar-refractivity contribution in [2.45, 2.75) is 6.92 Å².